The van der Waals surface area contributed by atoms with E-state index in [1.54, 1.807) is 14.2 Å². The van der Waals surface area contributed by atoms with Gasteiger partial charge in [-0.05, 0) is 31.9 Å². The average Bonchev–Trinajstić information content (AvgIpc) is 2.38. The van der Waals surface area contributed by atoms with Crippen molar-refractivity contribution < 1.29 is 19.4 Å². The lowest BCUT2D eigenvalue weighted by Crippen LogP contribution is -2.17. The largest absolute Gasteiger partial charge is 0.493 e. The Labute approximate surface area is 113 Å². The number of aliphatic carboxylic acids is 1. The molecule has 1 atom stereocenters. The van der Waals surface area contributed by atoms with Gasteiger partial charge in [0.15, 0.2) is 11.5 Å². The number of carboxylic acid groups (broad SMARTS) is 1. The summed E-state index contributed by atoms with van der Waals surface area (Å²) in [6.07, 6.45) is 0.726. The van der Waals surface area contributed by atoms with Crippen molar-refractivity contribution in [3.63, 3.8) is 0 Å². The highest BCUT2D eigenvalue weighted by Crippen LogP contribution is 2.33. The summed E-state index contributed by atoms with van der Waals surface area (Å²) in [5.74, 6) is 0.558. The van der Waals surface area contributed by atoms with E-state index in [1.807, 2.05) is 26.0 Å². The van der Waals surface area contributed by atoms with E-state index in [0.29, 0.717) is 17.9 Å². The molecule has 1 unspecified atom stereocenters. The Morgan fingerprint density at radius 3 is 2.42 bits per heavy atom. The second kappa shape index (κ2) is 6.87. The molecule has 0 spiro atoms. The van der Waals surface area contributed by atoms with Crippen LogP contribution < -0.4 is 14.8 Å². The van der Waals surface area contributed by atoms with E-state index in [2.05, 4.69) is 5.32 Å². The molecule has 0 aromatic heterocycles. The van der Waals surface area contributed by atoms with Crippen LogP contribution in [0.2, 0.25) is 0 Å². The first kappa shape index (κ1) is 15.1. The van der Waals surface area contributed by atoms with Crippen molar-refractivity contribution in [2.45, 2.75) is 32.7 Å². The Kier molecular flexibility index (Phi) is 5.48. The molecule has 1 rings (SSSR count). The fraction of sp³-hybridized carbons (Fsp3) is 0.500. The number of carboxylic acids is 1. The molecule has 0 radical (unpaired) electrons. The van der Waals surface area contributed by atoms with Crippen LogP contribution in [-0.2, 0) is 4.79 Å². The van der Waals surface area contributed by atoms with Crippen molar-refractivity contribution in [1.82, 2.24) is 0 Å². The van der Waals surface area contributed by atoms with E-state index in [4.69, 9.17) is 14.6 Å². The lowest BCUT2D eigenvalue weighted by molar-refractivity contribution is -0.137. The summed E-state index contributed by atoms with van der Waals surface area (Å²) in [4.78, 5) is 10.5. The van der Waals surface area contributed by atoms with Crippen molar-refractivity contribution in [2.24, 2.45) is 0 Å². The van der Waals surface area contributed by atoms with Gasteiger partial charge >= 0.3 is 5.97 Å². The van der Waals surface area contributed by atoms with Gasteiger partial charge in [-0.15, -0.1) is 0 Å². The van der Waals surface area contributed by atoms with Gasteiger partial charge in [0.2, 0.25) is 0 Å². The molecular weight excluding hydrogens is 246 g/mol. The van der Waals surface area contributed by atoms with Crippen molar-refractivity contribution in [3.8, 4) is 11.5 Å². The van der Waals surface area contributed by atoms with Crippen molar-refractivity contribution in [2.75, 3.05) is 19.5 Å². The van der Waals surface area contributed by atoms with Crippen LogP contribution in [0.25, 0.3) is 0 Å². The first-order valence-corrected chi connectivity index (χ1v) is 6.19. The van der Waals surface area contributed by atoms with E-state index in [1.165, 1.54) is 0 Å². The highest BCUT2D eigenvalue weighted by molar-refractivity contribution is 5.67. The molecule has 0 amide bonds. The number of rotatable bonds is 7. The van der Waals surface area contributed by atoms with Crippen LogP contribution in [0.15, 0.2) is 12.1 Å². The van der Waals surface area contributed by atoms with Gasteiger partial charge < -0.3 is 19.9 Å². The fourth-order valence-electron chi connectivity index (χ4n) is 1.81. The predicted octanol–water partition coefficient (Wildman–Crippen LogP) is 2.68. The predicted molar refractivity (Wildman–Crippen MR) is 74.2 cm³/mol. The minimum atomic E-state index is -0.780. The van der Waals surface area contributed by atoms with Gasteiger partial charge in [-0.2, -0.15) is 0 Å². The second-order valence-electron chi connectivity index (χ2n) is 4.50. The van der Waals surface area contributed by atoms with Gasteiger partial charge in [-0.1, -0.05) is 0 Å². The van der Waals surface area contributed by atoms with Crippen molar-refractivity contribution >= 4 is 11.7 Å². The Morgan fingerprint density at radius 2 is 1.89 bits per heavy atom. The third-order valence-corrected chi connectivity index (χ3v) is 2.92. The molecule has 106 valence electrons. The Bertz CT molecular complexity index is 445. The van der Waals surface area contributed by atoms with Gasteiger partial charge in [-0.25, -0.2) is 0 Å². The molecule has 1 aromatic carbocycles. The number of nitrogens with one attached hydrogen (secondary N) is 1. The minimum absolute atomic E-state index is 0.0768. The summed E-state index contributed by atoms with van der Waals surface area (Å²) in [7, 11) is 3.19. The summed E-state index contributed by atoms with van der Waals surface area (Å²) < 4.78 is 10.5. The third-order valence-electron chi connectivity index (χ3n) is 2.92. The zero-order chi connectivity index (χ0) is 14.4. The smallest absolute Gasteiger partial charge is 0.303 e. The molecular formula is C14H21NO4. The zero-order valence-electron chi connectivity index (χ0n) is 11.8. The maximum Gasteiger partial charge on any atom is 0.303 e. The lowest BCUT2D eigenvalue weighted by atomic mass is 10.1. The summed E-state index contributed by atoms with van der Waals surface area (Å²) in [6.45, 7) is 3.92. The molecule has 0 heterocycles. The number of hydrogen-bond acceptors (Lipinski definition) is 4. The second-order valence-corrected chi connectivity index (χ2v) is 4.50. The molecule has 2 N–H and O–H groups in total. The summed E-state index contributed by atoms with van der Waals surface area (Å²) in [5.41, 5.74) is 1.95. The molecule has 0 saturated carbocycles. The number of carbonyl (C=O) groups is 1. The van der Waals surface area contributed by atoms with Gasteiger partial charge in [0.05, 0.1) is 14.2 Å². The van der Waals surface area contributed by atoms with E-state index >= 15 is 0 Å². The molecule has 5 heteroatoms. The van der Waals surface area contributed by atoms with Crippen LogP contribution in [0.5, 0.6) is 11.5 Å². The van der Waals surface area contributed by atoms with Crippen LogP contribution in [0.3, 0.4) is 0 Å². The number of ether oxygens (including phenoxy) is 2. The van der Waals surface area contributed by atoms with Crippen molar-refractivity contribution in [1.29, 1.82) is 0 Å². The first-order chi connectivity index (χ1) is 8.97. The highest BCUT2D eigenvalue weighted by Gasteiger charge is 2.11. The molecule has 0 aliphatic carbocycles. The standard InChI is InChI=1S/C14H21NO4/c1-9-7-12(18-3)13(19-4)8-11(9)15-10(2)5-6-14(16)17/h7-8,10,15H,5-6H2,1-4H3,(H,16,17). The van der Waals surface area contributed by atoms with Gasteiger partial charge in [0.1, 0.15) is 0 Å². The maximum atomic E-state index is 10.5. The number of methoxy groups -OCH3 is 2. The third kappa shape index (κ3) is 4.35. The number of hydrogen-bond donors (Lipinski definition) is 2. The first-order valence-electron chi connectivity index (χ1n) is 6.19. The number of benzene rings is 1. The molecule has 0 bridgehead atoms. The van der Waals surface area contributed by atoms with Crippen LogP contribution in [-0.4, -0.2) is 31.3 Å². The normalized spacial score (nSPS) is 11.8. The monoisotopic (exact) mass is 267 g/mol. The molecule has 0 saturated heterocycles. The zero-order valence-corrected chi connectivity index (χ0v) is 11.8. The Hall–Kier alpha value is -1.91. The maximum absolute atomic E-state index is 10.5. The van der Waals surface area contributed by atoms with Crippen LogP contribution in [0.4, 0.5) is 5.69 Å². The van der Waals surface area contributed by atoms with Crippen LogP contribution in [0.1, 0.15) is 25.3 Å². The van der Waals surface area contributed by atoms with E-state index < -0.39 is 5.97 Å². The molecule has 0 fully saturated rings. The molecule has 0 aliphatic rings. The highest BCUT2D eigenvalue weighted by atomic mass is 16.5. The topological polar surface area (TPSA) is 67.8 Å². The fourth-order valence-corrected chi connectivity index (χ4v) is 1.81. The summed E-state index contributed by atoms with van der Waals surface area (Å²) >= 11 is 0. The van der Waals surface area contributed by atoms with Crippen LogP contribution in [0, 0.1) is 6.92 Å². The summed E-state index contributed by atoms with van der Waals surface area (Å²) in [6, 6.07) is 3.84. The SMILES string of the molecule is COc1cc(C)c(NC(C)CCC(=O)O)cc1OC. The van der Waals surface area contributed by atoms with Gasteiger partial charge in [0.25, 0.3) is 0 Å². The van der Waals surface area contributed by atoms with Crippen LogP contribution >= 0.6 is 0 Å². The lowest BCUT2D eigenvalue weighted by Gasteiger charge is -2.18. The van der Waals surface area contributed by atoms with E-state index in [0.717, 1.165) is 11.3 Å². The Morgan fingerprint density at radius 1 is 1.32 bits per heavy atom. The Balaban J connectivity index is 2.80. The molecule has 19 heavy (non-hydrogen) atoms. The molecule has 0 aliphatic heterocycles. The molecule has 5 nitrogen and oxygen atoms in total. The van der Waals surface area contributed by atoms with E-state index in [9.17, 15) is 4.79 Å². The van der Waals surface area contributed by atoms with E-state index in [-0.39, 0.29) is 12.5 Å². The number of aryl methyl sites for hydroxylation is 1. The average molecular weight is 267 g/mol. The van der Waals surface area contributed by atoms with Crippen molar-refractivity contribution in [3.05, 3.63) is 17.7 Å². The van der Waals surface area contributed by atoms with Gasteiger partial charge in [-0.3, -0.25) is 4.79 Å². The van der Waals surface area contributed by atoms with Gasteiger partial charge in [0, 0.05) is 24.2 Å². The minimum Gasteiger partial charge on any atom is -0.493 e. The number of anilines is 1. The summed E-state index contributed by atoms with van der Waals surface area (Å²) in [5, 5.41) is 12.0. The molecule has 1 aromatic rings. The quantitative estimate of drug-likeness (QED) is 0.795.